The van der Waals surface area contributed by atoms with E-state index >= 15 is 0 Å². The summed E-state index contributed by atoms with van der Waals surface area (Å²) >= 11 is 1.86. The minimum absolute atomic E-state index is 0.0595. The zero-order chi connectivity index (χ0) is 18.8. The van der Waals surface area contributed by atoms with E-state index in [0.717, 1.165) is 17.9 Å². The molecule has 0 saturated carbocycles. The first kappa shape index (κ1) is 18.3. The molecule has 4 rings (SSSR count). The molecule has 0 spiro atoms. The van der Waals surface area contributed by atoms with Crippen molar-refractivity contribution in [3.8, 4) is 0 Å². The van der Waals surface area contributed by atoms with Gasteiger partial charge in [0.1, 0.15) is 0 Å². The third kappa shape index (κ3) is 3.68. The molecule has 1 aliphatic rings. The molecule has 2 atom stereocenters. The quantitative estimate of drug-likeness (QED) is 0.676. The molecule has 2 nitrogen and oxygen atoms in total. The molecule has 27 heavy (non-hydrogen) atoms. The van der Waals surface area contributed by atoms with Crippen molar-refractivity contribution in [2.24, 2.45) is 0 Å². The Morgan fingerprint density at radius 1 is 0.926 bits per heavy atom. The predicted octanol–water partition coefficient (Wildman–Crippen LogP) is 5.22. The summed E-state index contributed by atoms with van der Waals surface area (Å²) < 4.78 is 0. The van der Waals surface area contributed by atoms with Gasteiger partial charge in [-0.1, -0.05) is 66.7 Å². The highest BCUT2D eigenvalue weighted by atomic mass is 32.2. The molecule has 0 fully saturated rings. The first-order chi connectivity index (χ1) is 13.1. The number of hydrogen-bond acceptors (Lipinski definition) is 3. The topological polar surface area (TPSA) is 23.5 Å². The highest BCUT2D eigenvalue weighted by molar-refractivity contribution is 7.98. The van der Waals surface area contributed by atoms with Gasteiger partial charge in [0, 0.05) is 23.1 Å². The Kier molecular flexibility index (Phi) is 5.35. The van der Waals surface area contributed by atoms with E-state index in [1.807, 2.05) is 17.8 Å². The second-order valence-electron chi connectivity index (χ2n) is 7.38. The molecule has 3 aromatic rings. The number of hydrogen-bond donors (Lipinski definition) is 1. The van der Waals surface area contributed by atoms with Crippen molar-refractivity contribution in [3.63, 3.8) is 0 Å². The molecule has 0 aromatic heterocycles. The highest BCUT2D eigenvalue weighted by Gasteiger charge is 2.31. The summed E-state index contributed by atoms with van der Waals surface area (Å²) in [5.74, 6) is 0.881. The van der Waals surface area contributed by atoms with Crippen molar-refractivity contribution >= 4 is 11.8 Å². The highest BCUT2D eigenvalue weighted by Crippen LogP contribution is 2.46. The average molecular weight is 376 g/mol. The van der Waals surface area contributed by atoms with Crippen LogP contribution in [0.3, 0.4) is 0 Å². The molecular weight excluding hydrogens is 350 g/mol. The summed E-state index contributed by atoms with van der Waals surface area (Å²) in [6, 6.07) is 25.4. The van der Waals surface area contributed by atoms with Crippen molar-refractivity contribution in [2.75, 3.05) is 14.1 Å². The fraction of sp³-hybridized carbons (Fsp3) is 0.250. The number of nitrogens with zero attached hydrogens (tertiary/aromatic N) is 1. The van der Waals surface area contributed by atoms with Crippen molar-refractivity contribution in [3.05, 3.63) is 101 Å². The van der Waals surface area contributed by atoms with Crippen LogP contribution in [0.2, 0.25) is 0 Å². The normalized spacial score (nSPS) is 17.1. The fourth-order valence-electron chi connectivity index (χ4n) is 3.99. The Labute approximate surface area is 165 Å². The van der Waals surface area contributed by atoms with Crippen LogP contribution in [0.25, 0.3) is 0 Å². The largest absolute Gasteiger partial charge is 0.387 e. The van der Waals surface area contributed by atoms with Gasteiger partial charge in [0.2, 0.25) is 0 Å². The van der Waals surface area contributed by atoms with Gasteiger partial charge in [0.15, 0.2) is 0 Å². The van der Waals surface area contributed by atoms with Gasteiger partial charge in [0.05, 0.1) is 6.10 Å². The van der Waals surface area contributed by atoms with Crippen LogP contribution < -0.4 is 0 Å². The summed E-state index contributed by atoms with van der Waals surface area (Å²) in [6.07, 6.45) is -0.581. The van der Waals surface area contributed by atoms with Gasteiger partial charge in [-0.25, -0.2) is 0 Å². The van der Waals surface area contributed by atoms with Crippen molar-refractivity contribution in [1.29, 1.82) is 0 Å². The van der Waals surface area contributed by atoms with E-state index in [2.05, 4.69) is 85.7 Å². The van der Waals surface area contributed by atoms with Gasteiger partial charge in [-0.2, -0.15) is 0 Å². The van der Waals surface area contributed by atoms with Gasteiger partial charge in [-0.3, -0.25) is 0 Å². The summed E-state index contributed by atoms with van der Waals surface area (Å²) in [6.45, 7) is 0.817. The lowest BCUT2D eigenvalue weighted by atomic mass is 9.80. The van der Waals surface area contributed by atoms with Crippen molar-refractivity contribution in [2.45, 2.75) is 29.2 Å². The van der Waals surface area contributed by atoms with Crippen LogP contribution in [-0.4, -0.2) is 24.1 Å². The van der Waals surface area contributed by atoms with E-state index in [-0.39, 0.29) is 5.92 Å². The third-order valence-corrected chi connectivity index (χ3v) is 6.34. The Hall–Kier alpha value is -2.07. The molecule has 0 saturated heterocycles. The predicted molar refractivity (Wildman–Crippen MR) is 113 cm³/mol. The van der Waals surface area contributed by atoms with Gasteiger partial charge in [0.25, 0.3) is 0 Å². The Balaban J connectivity index is 1.86. The Morgan fingerprint density at radius 2 is 1.59 bits per heavy atom. The molecule has 2 unspecified atom stereocenters. The lowest BCUT2D eigenvalue weighted by Gasteiger charge is -2.28. The van der Waals surface area contributed by atoms with Crippen molar-refractivity contribution in [1.82, 2.24) is 4.90 Å². The van der Waals surface area contributed by atoms with Crippen LogP contribution in [0, 0.1) is 0 Å². The van der Waals surface area contributed by atoms with E-state index in [4.69, 9.17) is 0 Å². The van der Waals surface area contributed by atoms with Gasteiger partial charge >= 0.3 is 0 Å². The lowest BCUT2D eigenvalue weighted by Crippen LogP contribution is -2.18. The standard InChI is InChI=1S/C24H25NOS/c1-25(2)15-17-9-3-6-12-20(17)24(26)23-19-11-5-4-10-18(19)16-27-22-14-8-7-13-21(22)23/h3-14,23-24,26H,15-16H2,1-2H3. The smallest absolute Gasteiger partial charge is 0.0902 e. The molecule has 1 N–H and O–H groups in total. The second-order valence-corrected chi connectivity index (χ2v) is 8.40. The maximum atomic E-state index is 11.6. The number of benzene rings is 3. The zero-order valence-electron chi connectivity index (χ0n) is 15.8. The first-order valence-electron chi connectivity index (χ1n) is 9.35. The Morgan fingerprint density at radius 3 is 2.41 bits per heavy atom. The minimum Gasteiger partial charge on any atom is -0.387 e. The monoisotopic (exact) mass is 375 g/mol. The molecule has 0 amide bonds. The molecule has 0 radical (unpaired) electrons. The van der Waals surface area contributed by atoms with Gasteiger partial charge in [-0.05, 0) is 48.0 Å². The lowest BCUT2D eigenvalue weighted by molar-refractivity contribution is 0.156. The fourth-order valence-corrected chi connectivity index (χ4v) is 5.10. The van der Waals surface area contributed by atoms with E-state index < -0.39 is 6.10 Å². The third-order valence-electron chi connectivity index (χ3n) is 5.20. The second kappa shape index (κ2) is 7.89. The summed E-state index contributed by atoms with van der Waals surface area (Å²) in [7, 11) is 4.13. The molecule has 1 heterocycles. The number of aliphatic hydroxyl groups is 1. The van der Waals surface area contributed by atoms with Crippen LogP contribution in [0.4, 0.5) is 0 Å². The first-order valence-corrected chi connectivity index (χ1v) is 10.3. The minimum atomic E-state index is -0.581. The number of thioether (sulfide) groups is 1. The molecule has 3 heteroatoms. The molecule has 3 aromatic carbocycles. The van der Waals surface area contributed by atoms with Gasteiger partial charge < -0.3 is 10.0 Å². The van der Waals surface area contributed by atoms with Crippen LogP contribution >= 0.6 is 11.8 Å². The average Bonchev–Trinajstić information content (AvgIpc) is 2.84. The maximum Gasteiger partial charge on any atom is 0.0902 e. The van der Waals surface area contributed by atoms with Crippen LogP contribution in [0.15, 0.2) is 77.7 Å². The molecule has 0 aliphatic carbocycles. The van der Waals surface area contributed by atoms with Gasteiger partial charge in [-0.15, -0.1) is 11.8 Å². The summed E-state index contributed by atoms with van der Waals surface area (Å²) in [5, 5.41) is 11.6. The number of aliphatic hydroxyl groups excluding tert-OH is 1. The van der Waals surface area contributed by atoms with E-state index in [1.54, 1.807) is 0 Å². The summed E-state index contributed by atoms with van der Waals surface area (Å²) in [4.78, 5) is 3.42. The SMILES string of the molecule is CN(C)Cc1ccccc1C(O)C1c2ccccc2CSc2ccccc21. The molecule has 1 aliphatic heterocycles. The van der Waals surface area contributed by atoms with E-state index in [1.165, 1.54) is 27.1 Å². The molecule has 0 bridgehead atoms. The van der Waals surface area contributed by atoms with E-state index in [9.17, 15) is 5.11 Å². The zero-order valence-corrected chi connectivity index (χ0v) is 16.6. The molecule has 138 valence electrons. The number of fused-ring (bicyclic) bond motifs is 2. The molecular formula is C24H25NOS. The van der Waals surface area contributed by atoms with Crippen LogP contribution in [0.1, 0.15) is 39.8 Å². The van der Waals surface area contributed by atoms with Crippen LogP contribution in [0.5, 0.6) is 0 Å². The van der Waals surface area contributed by atoms with Crippen molar-refractivity contribution < 1.29 is 5.11 Å². The van der Waals surface area contributed by atoms with Crippen LogP contribution in [-0.2, 0) is 12.3 Å². The number of rotatable bonds is 4. The maximum absolute atomic E-state index is 11.6. The summed E-state index contributed by atoms with van der Waals surface area (Å²) in [5.41, 5.74) is 5.98. The van der Waals surface area contributed by atoms with E-state index in [0.29, 0.717) is 0 Å². The Bertz CT molecular complexity index is 889.